The summed E-state index contributed by atoms with van der Waals surface area (Å²) in [5.74, 6) is -0.294. The van der Waals surface area contributed by atoms with Gasteiger partial charge in [0.15, 0.2) is 0 Å². The number of carbonyl (C=O) groups excluding carboxylic acids is 1. The van der Waals surface area contributed by atoms with Crippen molar-refractivity contribution in [3.8, 4) is 5.69 Å². The van der Waals surface area contributed by atoms with Crippen LogP contribution in [-0.2, 0) is 0 Å². The molecule has 6 nitrogen and oxygen atoms in total. The lowest BCUT2D eigenvalue weighted by Gasteiger charge is -2.12. The Labute approximate surface area is 139 Å². The van der Waals surface area contributed by atoms with Crippen LogP contribution in [0.15, 0.2) is 53.8 Å². The smallest absolute Gasteiger partial charge is 0.257 e. The van der Waals surface area contributed by atoms with E-state index < -0.39 is 0 Å². The predicted molar refractivity (Wildman–Crippen MR) is 86.3 cm³/mol. The zero-order valence-electron chi connectivity index (χ0n) is 11.1. The summed E-state index contributed by atoms with van der Waals surface area (Å²) in [5, 5.41) is 7.32. The van der Waals surface area contributed by atoms with Gasteiger partial charge in [-0.05, 0) is 34.1 Å². The van der Waals surface area contributed by atoms with Gasteiger partial charge in [0.25, 0.3) is 5.91 Å². The Hall–Kier alpha value is -2.25. The summed E-state index contributed by atoms with van der Waals surface area (Å²) >= 11 is 9.50. The minimum atomic E-state index is -0.294. The lowest BCUT2D eigenvalue weighted by atomic mass is 10.2. The van der Waals surface area contributed by atoms with E-state index in [4.69, 9.17) is 11.6 Å². The molecule has 22 heavy (non-hydrogen) atoms. The number of pyridine rings is 1. The first-order valence-electron chi connectivity index (χ1n) is 6.20. The number of carbonyl (C=O) groups is 1. The van der Waals surface area contributed by atoms with E-state index in [1.54, 1.807) is 30.5 Å². The number of anilines is 1. The third-order valence-corrected chi connectivity index (χ3v) is 3.59. The van der Waals surface area contributed by atoms with Gasteiger partial charge in [-0.15, -0.1) is 0 Å². The van der Waals surface area contributed by atoms with Gasteiger partial charge in [-0.2, -0.15) is 5.10 Å². The summed E-state index contributed by atoms with van der Waals surface area (Å²) in [6, 6.07) is 6.89. The number of nitrogens with zero attached hydrogens (tertiary/aromatic N) is 4. The summed E-state index contributed by atoms with van der Waals surface area (Å²) in [6.45, 7) is 0. The van der Waals surface area contributed by atoms with E-state index in [-0.39, 0.29) is 5.91 Å². The molecular formula is C14H9BrClN5O. The van der Waals surface area contributed by atoms with Crippen molar-refractivity contribution < 1.29 is 4.79 Å². The molecular weight excluding hydrogens is 370 g/mol. The molecule has 0 unspecified atom stereocenters. The third kappa shape index (κ3) is 3.00. The number of benzene rings is 1. The van der Waals surface area contributed by atoms with Crippen LogP contribution >= 0.6 is 27.5 Å². The van der Waals surface area contributed by atoms with Crippen LogP contribution in [0.5, 0.6) is 0 Å². The average molecular weight is 379 g/mol. The first kappa shape index (κ1) is 14.7. The van der Waals surface area contributed by atoms with Gasteiger partial charge in [-0.25, -0.2) is 9.67 Å². The molecule has 0 saturated carbocycles. The van der Waals surface area contributed by atoms with E-state index >= 15 is 0 Å². The number of amides is 1. The molecule has 0 atom stereocenters. The molecule has 0 bridgehead atoms. The summed E-state index contributed by atoms with van der Waals surface area (Å²) in [6.07, 6.45) is 6.00. The summed E-state index contributed by atoms with van der Waals surface area (Å²) in [5.41, 5.74) is 1.51. The van der Waals surface area contributed by atoms with Crippen molar-refractivity contribution in [3.05, 3.63) is 64.4 Å². The highest BCUT2D eigenvalue weighted by Gasteiger charge is 2.14. The first-order chi connectivity index (χ1) is 10.6. The lowest BCUT2D eigenvalue weighted by Crippen LogP contribution is -2.14. The molecule has 1 aromatic carbocycles. The molecule has 0 aliphatic rings. The Kier molecular flexibility index (Phi) is 4.17. The molecule has 0 spiro atoms. The van der Waals surface area contributed by atoms with E-state index in [0.717, 1.165) is 4.47 Å². The Morgan fingerprint density at radius 3 is 2.86 bits per heavy atom. The number of nitrogens with one attached hydrogen (secondary N) is 1. The van der Waals surface area contributed by atoms with Crippen LogP contribution in [0, 0.1) is 0 Å². The molecule has 2 heterocycles. The quantitative estimate of drug-likeness (QED) is 0.759. The number of para-hydroxylation sites is 1. The summed E-state index contributed by atoms with van der Waals surface area (Å²) in [7, 11) is 0. The van der Waals surface area contributed by atoms with E-state index in [2.05, 4.69) is 36.3 Å². The Bertz CT molecular complexity index is 822. The molecule has 0 aliphatic heterocycles. The Morgan fingerprint density at radius 2 is 2.14 bits per heavy atom. The van der Waals surface area contributed by atoms with Crippen LogP contribution < -0.4 is 5.32 Å². The second kappa shape index (κ2) is 6.25. The monoisotopic (exact) mass is 377 g/mol. The van der Waals surface area contributed by atoms with Crippen molar-refractivity contribution in [1.82, 2.24) is 19.7 Å². The van der Waals surface area contributed by atoms with E-state index in [0.29, 0.717) is 22.0 Å². The Balaban J connectivity index is 1.96. The molecule has 0 radical (unpaired) electrons. The highest BCUT2D eigenvalue weighted by Crippen LogP contribution is 2.28. The number of halogens is 2. The van der Waals surface area contributed by atoms with Crippen molar-refractivity contribution in [2.45, 2.75) is 0 Å². The maximum atomic E-state index is 12.3. The molecule has 8 heteroatoms. The molecule has 3 aromatic rings. The molecule has 110 valence electrons. The number of rotatable bonds is 3. The van der Waals surface area contributed by atoms with Crippen LogP contribution in [0.4, 0.5) is 5.69 Å². The maximum Gasteiger partial charge on any atom is 0.257 e. The zero-order chi connectivity index (χ0) is 15.5. The topological polar surface area (TPSA) is 72.7 Å². The molecule has 0 fully saturated rings. The molecule has 1 amide bonds. The van der Waals surface area contributed by atoms with Crippen LogP contribution in [0.25, 0.3) is 5.69 Å². The van der Waals surface area contributed by atoms with Crippen molar-refractivity contribution in [3.63, 3.8) is 0 Å². The van der Waals surface area contributed by atoms with Gasteiger partial charge in [0.1, 0.15) is 18.3 Å². The highest BCUT2D eigenvalue weighted by atomic mass is 79.9. The number of hydrogen-bond acceptors (Lipinski definition) is 4. The summed E-state index contributed by atoms with van der Waals surface area (Å²) in [4.78, 5) is 20.2. The van der Waals surface area contributed by atoms with Gasteiger partial charge in [0.2, 0.25) is 0 Å². The van der Waals surface area contributed by atoms with E-state index in [9.17, 15) is 4.79 Å². The maximum absolute atomic E-state index is 12.3. The van der Waals surface area contributed by atoms with Crippen molar-refractivity contribution in [2.75, 3.05) is 5.32 Å². The van der Waals surface area contributed by atoms with Gasteiger partial charge >= 0.3 is 0 Å². The predicted octanol–water partition coefficient (Wildman–Crippen LogP) is 3.33. The lowest BCUT2D eigenvalue weighted by molar-refractivity contribution is 0.102. The van der Waals surface area contributed by atoms with Gasteiger partial charge in [-0.1, -0.05) is 17.7 Å². The molecule has 2 aromatic heterocycles. The fourth-order valence-electron chi connectivity index (χ4n) is 1.90. The highest BCUT2D eigenvalue weighted by molar-refractivity contribution is 9.10. The number of aromatic nitrogens is 4. The zero-order valence-corrected chi connectivity index (χ0v) is 13.4. The van der Waals surface area contributed by atoms with Gasteiger partial charge < -0.3 is 5.32 Å². The van der Waals surface area contributed by atoms with Crippen LogP contribution in [0.1, 0.15) is 10.4 Å². The fraction of sp³-hybridized carbons (Fsp3) is 0. The summed E-state index contributed by atoms with van der Waals surface area (Å²) < 4.78 is 2.22. The number of hydrogen-bond donors (Lipinski definition) is 1. The second-order valence-corrected chi connectivity index (χ2v) is 5.64. The van der Waals surface area contributed by atoms with Crippen molar-refractivity contribution in [2.24, 2.45) is 0 Å². The van der Waals surface area contributed by atoms with Crippen LogP contribution in [-0.4, -0.2) is 25.7 Å². The molecule has 1 N–H and O–H groups in total. The van der Waals surface area contributed by atoms with E-state index in [1.807, 2.05) is 0 Å². The first-order valence-corrected chi connectivity index (χ1v) is 7.37. The third-order valence-electron chi connectivity index (χ3n) is 2.85. The van der Waals surface area contributed by atoms with Crippen molar-refractivity contribution in [1.29, 1.82) is 0 Å². The van der Waals surface area contributed by atoms with E-state index in [1.165, 1.54) is 23.5 Å². The molecule has 3 rings (SSSR count). The van der Waals surface area contributed by atoms with Gasteiger partial charge in [0, 0.05) is 16.9 Å². The second-order valence-electron chi connectivity index (χ2n) is 4.32. The molecule has 0 aliphatic carbocycles. The largest absolute Gasteiger partial charge is 0.320 e. The normalized spacial score (nSPS) is 10.5. The van der Waals surface area contributed by atoms with Crippen molar-refractivity contribution >= 4 is 39.1 Å². The SMILES string of the molecule is O=C(Nc1cccc(Cl)c1-n1cncn1)c1cncc(Br)c1. The van der Waals surface area contributed by atoms with Gasteiger partial charge in [-0.3, -0.25) is 9.78 Å². The standard InChI is InChI=1S/C14H9BrClN5O/c15-10-4-9(5-17-6-10)14(22)20-12-3-1-2-11(16)13(12)21-8-18-7-19-21/h1-8H,(H,20,22). The minimum Gasteiger partial charge on any atom is -0.320 e. The fourth-order valence-corrected chi connectivity index (χ4v) is 2.53. The Morgan fingerprint density at radius 1 is 1.27 bits per heavy atom. The van der Waals surface area contributed by atoms with Crippen LogP contribution in [0.2, 0.25) is 5.02 Å². The van der Waals surface area contributed by atoms with Crippen LogP contribution in [0.3, 0.4) is 0 Å². The molecule has 0 saturated heterocycles. The minimum absolute atomic E-state index is 0.294. The van der Waals surface area contributed by atoms with Gasteiger partial charge in [0.05, 0.1) is 16.3 Å². The average Bonchev–Trinajstić information content (AvgIpc) is 3.01.